The number of aromatic nitrogens is 5. The van der Waals surface area contributed by atoms with Gasteiger partial charge in [0.15, 0.2) is 23.1 Å². The van der Waals surface area contributed by atoms with Crippen LogP contribution in [0.5, 0.6) is 0 Å². The number of H-pyrrole nitrogens is 1. The van der Waals surface area contributed by atoms with Crippen molar-refractivity contribution in [1.82, 2.24) is 35.4 Å². The molecule has 0 unspecified atom stereocenters. The van der Waals surface area contributed by atoms with Gasteiger partial charge in [-0.25, -0.2) is 32.9 Å². The molecule has 2 amide bonds. The Balaban J connectivity index is 1.26. The molecule has 3 aromatic rings. The summed E-state index contributed by atoms with van der Waals surface area (Å²) in [6, 6.07) is 2.79. The zero-order valence-electron chi connectivity index (χ0n) is 17.7. The maximum absolute atomic E-state index is 14.5. The number of alkyl halides is 2. The molecule has 0 spiro atoms. The summed E-state index contributed by atoms with van der Waals surface area (Å²) in [5, 5.41) is 13.7. The summed E-state index contributed by atoms with van der Waals surface area (Å²) in [5.74, 6) is -3.08. The first-order valence-corrected chi connectivity index (χ1v) is 10.9. The smallest absolute Gasteiger partial charge is 0.317 e. The number of hydrogen-bond donors (Lipinski definition) is 3. The highest BCUT2D eigenvalue weighted by atomic mass is 19.3. The van der Waals surface area contributed by atoms with Crippen molar-refractivity contribution in [3.8, 4) is 11.5 Å². The molecule has 2 atom stereocenters. The minimum atomic E-state index is -2.83. The minimum absolute atomic E-state index is 0.0416. The van der Waals surface area contributed by atoms with E-state index in [4.69, 9.17) is 0 Å². The third kappa shape index (κ3) is 4.55. The number of anilines is 1. The molecular weight excluding hydrogens is 437 g/mol. The molecule has 1 aliphatic carbocycles. The van der Waals surface area contributed by atoms with Gasteiger partial charge in [-0.2, -0.15) is 5.10 Å². The van der Waals surface area contributed by atoms with E-state index in [9.17, 15) is 18.0 Å². The molecule has 1 saturated heterocycles. The van der Waals surface area contributed by atoms with E-state index in [1.54, 1.807) is 12.3 Å². The standard InChI is InChI=1S/C21H23F3N8O/c22-15-10-26-19(16-14-5-2-7-25-17(14)31-30-16)29-18(15)27-12-3-1-4-13(9-12)28-20(33)32-8-6-21(23,24)11-32/h2,5,7,10,12-13H,1,3-4,6,8-9,11H2,(H,28,33)(H,25,30,31)(H,26,27,29)/t12-,13+/m0/s1. The van der Waals surface area contributed by atoms with E-state index < -0.39 is 24.3 Å². The van der Waals surface area contributed by atoms with E-state index in [0.29, 0.717) is 17.8 Å². The molecule has 0 bridgehead atoms. The summed E-state index contributed by atoms with van der Waals surface area (Å²) >= 11 is 0. The number of fused-ring (bicyclic) bond motifs is 1. The number of nitrogens with one attached hydrogen (secondary N) is 3. The van der Waals surface area contributed by atoms with Gasteiger partial charge >= 0.3 is 6.03 Å². The van der Waals surface area contributed by atoms with Crippen LogP contribution in [-0.2, 0) is 0 Å². The predicted molar refractivity (Wildman–Crippen MR) is 114 cm³/mol. The van der Waals surface area contributed by atoms with Gasteiger partial charge in [0.2, 0.25) is 0 Å². The van der Waals surface area contributed by atoms with E-state index in [1.807, 2.05) is 6.07 Å². The highest BCUT2D eigenvalue weighted by Gasteiger charge is 2.40. The molecule has 33 heavy (non-hydrogen) atoms. The van der Waals surface area contributed by atoms with Crippen molar-refractivity contribution >= 4 is 22.9 Å². The first-order chi connectivity index (χ1) is 15.9. The van der Waals surface area contributed by atoms with Crippen LogP contribution in [0.4, 0.5) is 23.8 Å². The van der Waals surface area contributed by atoms with Crippen LogP contribution >= 0.6 is 0 Å². The number of urea groups is 1. The molecular formula is C21H23F3N8O. The molecule has 2 fully saturated rings. The monoisotopic (exact) mass is 460 g/mol. The lowest BCUT2D eigenvalue weighted by Gasteiger charge is -2.32. The second-order valence-corrected chi connectivity index (χ2v) is 8.55. The van der Waals surface area contributed by atoms with Crippen molar-refractivity contribution in [3.05, 3.63) is 30.3 Å². The highest BCUT2D eigenvalue weighted by Crippen LogP contribution is 2.28. The molecule has 1 saturated carbocycles. The summed E-state index contributed by atoms with van der Waals surface area (Å²) in [4.78, 5) is 26.1. The van der Waals surface area contributed by atoms with Crippen LogP contribution in [-0.4, -0.2) is 67.2 Å². The van der Waals surface area contributed by atoms with Crippen LogP contribution in [0.3, 0.4) is 0 Å². The quantitative estimate of drug-likeness (QED) is 0.551. The number of pyridine rings is 1. The number of amides is 2. The molecule has 0 radical (unpaired) electrons. The van der Waals surface area contributed by atoms with Gasteiger partial charge in [0, 0.05) is 36.6 Å². The Morgan fingerprint density at radius 2 is 2.09 bits per heavy atom. The Morgan fingerprint density at radius 1 is 1.24 bits per heavy atom. The Labute approximate surface area is 187 Å². The molecule has 4 heterocycles. The number of nitrogens with zero attached hydrogens (tertiary/aromatic N) is 5. The van der Waals surface area contributed by atoms with E-state index in [-0.39, 0.29) is 36.7 Å². The molecule has 174 valence electrons. The van der Waals surface area contributed by atoms with Gasteiger partial charge in [-0.05, 0) is 37.8 Å². The van der Waals surface area contributed by atoms with Crippen molar-refractivity contribution in [2.75, 3.05) is 18.4 Å². The molecule has 12 heteroatoms. The summed E-state index contributed by atoms with van der Waals surface area (Å²) in [6.45, 7) is -0.514. The number of halogens is 3. The van der Waals surface area contributed by atoms with Crippen LogP contribution in [0.1, 0.15) is 32.1 Å². The maximum atomic E-state index is 14.5. The van der Waals surface area contributed by atoms with Crippen molar-refractivity contribution in [3.63, 3.8) is 0 Å². The molecule has 3 N–H and O–H groups in total. The fourth-order valence-electron chi connectivity index (χ4n) is 4.43. The van der Waals surface area contributed by atoms with Gasteiger partial charge < -0.3 is 15.5 Å². The highest BCUT2D eigenvalue weighted by molar-refractivity contribution is 5.88. The zero-order valence-corrected chi connectivity index (χ0v) is 17.7. The molecule has 3 aromatic heterocycles. The second-order valence-electron chi connectivity index (χ2n) is 8.55. The van der Waals surface area contributed by atoms with Crippen LogP contribution < -0.4 is 10.6 Å². The molecule has 0 aromatic carbocycles. The summed E-state index contributed by atoms with van der Waals surface area (Å²) in [7, 11) is 0. The first-order valence-electron chi connectivity index (χ1n) is 10.9. The van der Waals surface area contributed by atoms with E-state index in [2.05, 4.69) is 35.8 Å². The lowest BCUT2D eigenvalue weighted by atomic mass is 9.91. The lowest BCUT2D eigenvalue weighted by Crippen LogP contribution is -2.47. The number of rotatable bonds is 4. The number of carbonyl (C=O) groups excluding carboxylic acids is 1. The maximum Gasteiger partial charge on any atom is 0.317 e. The fraction of sp³-hybridized carbons (Fsp3) is 0.476. The fourth-order valence-corrected chi connectivity index (χ4v) is 4.43. The number of hydrogen-bond acceptors (Lipinski definition) is 6. The van der Waals surface area contributed by atoms with Gasteiger partial charge in [0.1, 0.15) is 5.69 Å². The van der Waals surface area contributed by atoms with E-state index in [1.165, 1.54) is 0 Å². The zero-order chi connectivity index (χ0) is 23.0. The predicted octanol–water partition coefficient (Wildman–Crippen LogP) is 3.33. The average molecular weight is 460 g/mol. The summed E-state index contributed by atoms with van der Waals surface area (Å²) in [6.07, 6.45) is 5.25. The van der Waals surface area contributed by atoms with Gasteiger partial charge in [-0.15, -0.1) is 0 Å². The largest absolute Gasteiger partial charge is 0.365 e. The second kappa shape index (κ2) is 8.49. The SMILES string of the molecule is O=C(N[C@@H]1CCC[C@H](Nc2nc(-c3[nH]nc4ncccc34)ncc2F)C1)N1CCC(F)(F)C1. The molecule has 2 aliphatic rings. The Morgan fingerprint density at radius 3 is 2.91 bits per heavy atom. The molecule has 5 rings (SSSR count). The van der Waals surface area contributed by atoms with E-state index >= 15 is 0 Å². The Kier molecular flexibility index (Phi) is 5.51. The third-order valence-electron chi connectivity index (χ3n) is 6.10. The molecule has 9 nitrogen and oxygen atoms in total. The average Bonchev–Trinajstić information content (AvgIpc) is 3.39. The van der Waals surface area contributed by atoms with Crippen molar-refractivity contribution < 1.29 is 18.0 Å². The van der Waals surface area contributed by atoms with Crippen molar-refractivity contribution in [2.24, 2.45) is 0 Å². The van der Waals surface area contributed by atoms with Gasteiger partial charge in [-0.3, -0.25) is 5.10 Å². The van der Waals surface area contributed by atoms with Crippen LogP contribution in [0.15, 0.2) is 24.5 Å². The summed E-state index contributed by atoms with van der Waals surface area (Å²) in [5.41, 5.74) is 1.05. The first kappa shape index (κ1) is 21.4. The van der Waals surface area contributed by atoms with E-state index in [0.717, 1.165) is 35.7 Å². The van der Waals surface area contributed by atoms with Gasteiger partial charge in [0.25, 0.3) is 5.92 Å². The minimum Gasteiger partial charge on any atom is -0.365 e. The number of carbonyl (C=O) groups is 1. The summed E-state index contributed by atoms with van der Waals surface area (Å²) < 4.78 is 41.3. The Hall–Kier alpha value is -3.44. The van der Waals surface area contributed by atoms with Gasteiger partial charge in [-0.1, -0.05) is 0 Å². The lowest BCUT2D eigenvalue weighted by molar-refractivity contribution is 0.0152. The van der Waals surface area contributed by atoms with Gasteiger partial charge in [0.05, 0.1) is 12.7 Å². The van der Waals surface area contributed by atoms with Crippen LogP contribution in [0, 0.1) is 5.82 Å². The topological polar surface area (TPSA) is 112 Å². The van der Waals surface area contributed by atoms with Crippen molar-refractivity contribution in [1.29, 1.82) is 0 Å². The number of aromatic amines is 1. The van der Waals surface area contributed by atoms with Crippen LogP contribution in [0.2, 0.25) is 0 Å². The Bertz CT molecular complexity index is 1170. The van der Waals surface area contributed by atoms with Crippen LogP contribution in [0.25, 0.3) is 22.6 Å². The van der Waals surface area contributed by atoms with Crippen molar-refractivity contribution in [2.45, 2.75) is 50.1 Å². The molecule has 1 aliphatic heterocycles. The normalized spacial score (nSPS) is 22.5. The number of likely N-dealkylation sites (tertiary alicyclic amines) is 1. The third-order valence-corrected chi connectivity index (χ3v) is 6.10.